The molecule has 24 heavy (non-hydrogen) atoms. The maximum atomic E-state index is 12.2. The van der Waals surface area contributed by atoms with Crippen molar-refractivity contribution in [1.29, 1.82) is 0 Å². The number of piperidine rings is 2. The molecule has 3 heteroatoms. The zero-order valence-corrected chi connectivity index (χ0v) is 14.4. The van der Waals surface area contributed by atoms with Gasteiger partial charge in [-0.05, 0) is 43.7 Å². The third-order valence-corrected chi connectivity index (χ3v) is 5.15. The fraction of sp³-hybridized carbons (Fsp3) is 0.476. The van der Waals surface area contributed by atoms with Crippen LogP contribution in [0.15, 0.2) is 54.8 Å². The topological polar surface area (TPSA) is 29.5 Å². The zero-order valence-electron chi connectivity index (χ0n) is 14.4. The molecule has 0 N–H and O–H groups in total. The molecule has 0 radical (unpaired) electrons. The molecular weight excluding hydrogens is 298 g/mol. The number of allylic oxidation sites excluding steroid dienone is 2. The largest absolute Gasteiger partial charge is 0.497 e. The van der Waals surface area contributed by atoms with Gasteiger partial charge in [-0.25, -0.2) is 0 Å². The van der Waals surface area contributed by atoms with Crippen LogP contribution in [0.5, 0.6) is 0 Å². The van der Waals surface area contributed by atoms with Gasteiger partial charge in [-0.15, -0.1) is 0 Å². The van der Waals surface area contributed by atoms with Crippen LogP contribution in [0.25, 0.3) is 0 Å². The van der Waals surface area contributed by atoms with Gasteiger partial charge in [0.15, 0.2) is 0 Å². The Labute approximate surface area is 145 Å². The van der Waals surface area contributed by atoms with Gasteiger partial charge in [0.05, 0.1) is 6.26 Å². The molecule has 2 heterocycles. The SMILES string of the molecule is C/C=C\[C@H]1C[C@H]2CCCC(=O)N2C[C@@H]1/C=C/OCc1ccccc1. The average Bonchev–Trinajstić information content (AvgIpc) is 2.61. The van der Waals surface area contributed by atoms with Gasteiger partial charge in [0.1, 0.15) is 6.61 Å². The number of rotatable bonds is 5. The fourth-order valence-electron chi connectivity index (χ4n) is 3.89. The highest BCUT2D eigenvalue weighted by Crippen LogP contribution is 2.35. The summed E-state index contributed by atoms with van der Waals surface area (Å²) in [7, 11) is 0. The minimum atomic E-state index is 0.328. The molecule has 1 aromatic rings. The second kappa shape index (κ2) is 8.18. The van der Waals surface area contributed by atoms with E-state index in [4.69, 9.17) is 4.74 Å². The molecule has 0 bridgehead atoms. The van der Waals surface area contributed by atoms with Crippen LogP contribution in [0.3, 0.4) is 0 Å². The summed E-state index contributed by atoms with van der Waals surface area (Å²) in [6.45, 7) is 3.48. The Kier molecular flexibility index (Phi) is 5.73. The Balaban J connectivity index is 1.60. The van der Waals surface area contributed by atoms with E-state index in [9.17, 15) is 4.79 Å². The van der Waals surface area contributed by atoms with Crippen LogP contribution in [-0.4, -0.2) is 23.4 Å². The lowest BCUT2D eigenvalue weighted by Crippen LogP contribution is -2.51. The molecule has 2 fully saturated rings. The average molecular weight is 325 g/mol. The van der Waals surface area contributed by atoms with E-state index in [1.807, 2.05) is 24.5 Å². The fourth-order valence-corrected chi connectivity index (χ4v) is 3.89. The quantitative estimate of drug-likeness (QED) is 0.596. The van der Waals surface area contributed by atoms with Crippen LogP contribution in [0.1, 0.15) is 38.2 Å². The lowest BCUT2D eigenvalue weighted by Gasteiger charge is -2.45. The molecule has 0 unspecified atom stereocenters. The molecule has 2 aliphatic heterocycles. The summed E-state index contributed by atoms with van der Waals surface area (Å²) in [4.78, 5) is 14.3. The van der Waals surface area contributed by atoms with Gasteiger partial charge >= 0.3 is 0 Å². The van der Waals surface area contributed by atoms with E-state index in [1.165, 1.54) is 5.56 Å². The smallest absolute Gasteiger partial charge is 0.222 e. The van der Waals surface area contributed by atoms with Crippen molar-refractivity contribution in [2.24, 2.45) is 11.8 Å². The molecule has 3 nitrogen and oxygen atoms in total. The van der Waals surface area contributed by atoms with E-state index in [0.717, 1.165) is 25.8 Å². The Hall–Kier alpha value is -2.03. The van der Waals surface area contributed by atoms with Crippen LogP contribution >= 0.6 is 0 Å². The number of hydrogen-bond donors (Lipinski definition) is 0. The van der Waals surface area contributed by atoms with E-state index >= 15 is 0 Å². The van der Waals surface area contributed by atoms with Gasteiger partial charge in [0, 0.05) is 24.9 Å². The number of carbonyl (C=O) groups excluding carboxylic acids is 1. The zero-order chi connectivity index (χ0) is 16.8. The first kappa shape index (κ1) is 16.8. The summed E-state index contributed by atoms with van der Waals surface area (Å²) in [6, 6.07) is 10.6. The molecule has 3 rings (SSSR count). The molecule has 3 atom stereocenters. The lowest BCUT2D eigenvalue weighted by molar-refractivity contribution is -0.139. The van der Waals surface area contributed by atoms with Crippen molar-refractivity contribution in [3.63, 3.8) is 0 Å². The summed E-state index contributed by atoms with van der Waals surface area (Å²) in [5.41, 5.74) is 1.17. The van der Waals surface area contributed by atoms with Gasteiger partial charge in [-0.3, -0.25) is 4.79 Å². The highest BCUT2D eigenvalue weighted by molar-refractivity contribution is 5.77. The molecule has 0 saturated carbocycles. The number of carbonyl (C=O) groups is 1. The predicted molar refractivity (Wildman–Crippen MR) is 96.1 cm³/mol. The second-order valence-corrected chi connectivity index (χ2v) is 6.81. The van der Waals surface area contributed by atoms with Crippen molar-refractivity contribution in [2.75, 3.05) is 6.54 Å². The maximum absolute atomic E-state index is 12.2. The molecule has 1 aromatic carbocycles. The van der Waals surface area contributed by atoms with Crippen molar-refractivity contribution in [3.05, 3.63) is 60.4 Å². The number of amides is 1. The number of hydrogen-bond acceptors (Lipinski definition) is 2. The molecular formula is C21H27NO2. The normalized spacial score (nSPS) is 27.6. The van der Waals surface area contributed by atoms with E-state index in [-0.39, 0.29) is 0 Å². The van der Waals surface area contributed by atoms with Crippen LogP contribution < -0.4 is 0 Å². The molecule has 1 amide bonds. The monoisotopic (exact) mass is 325 g/mol. The summed E-state index contributed by atoms with van der Waals surface area (Å²) in [5, 5.41) is 0. The molecule has 128 valence electrons. The maximum Gasteiger partial charge on any atom is 0.222 e. The van der Waals surface area contributed by atoms with Crippen molar-refractivity contribution in [2.45, 2.75) is 45.3 Å². The Bertz CT molecular complexity index is 593. The predicted octanol–water partition coefficient (Wildman–Crippen LogP) is 4.31. The number of fused-ring (bicyclic) bond motifs is 1. The van der Waals surface area contributed by atoms with Crippen molar-refractivity contribution in [1.82, 2.24) is 4.90 Å². The first-order chi connectivity index (χ1) is 11.8. The number of nitrogens with zero attached hydrogens (tertiary/aromatic N) is 1. The number of ether oxygens (including phenoxy) is 1. The first-order valence-electron chi connectivity index (χ1n) is 9.02. The first-order valence-corrected chi connectivity index (χ1v) is 9.02. The van der Waals surface area contributed by atoms with Gasteiger partial charge < -0.3 is 9.64 Å². The lowest BCUT2D eigenvalue weighted by atomic mass is 9.78. The standard InChI is InChI=1S/C21H27NO2/c1-2-7-18-14-20-10-6-11-21(23)22(20)15-19(18)12-13-24-16-17-8-4-3-5-9-17/h2-5,7-9,12-13,18-20H,6,10-11,14-16H2,1H3/b7-2-,13-12+/t18-,19-,20+/m0/s1. The highest BCUT2D eigenvalue weighted by Gasteiger charge is 2.37. The van der Waals surface area contributed by atoms with Crippen LogP contribution in [0, 0.1) is 11.8 Å². The molecule has 2 saturated heterocycles. The van der Waals surface area contributed by atoms with Crippen LogP contribution in [-0.2, 0) is 16.1 Å². The van der Waals surface area contributed by atoms with Gasteiger partial charge in [0.25, 0.3) is 0 Å². The third-order valence-electron chi connectivity index (χ3n) is 5.15. The molecule has 0 spiro atoms. The number of benzene rings is 1. The molecule has 0 aliphatic carbocycles. The molecule has 2 aliphatic rings. The Morgan fingerprint density at radius 2 is 2.04 bits per heavy atom. The van der Waals surface area contributed by atoms with Crippen molar-refractivity contribution in [3.8, 4) is 0 Å². The van der Waals surface area contributed by atoms with E-state index in [1.54, 1.807) is 0 Å². The van der Waals surface area contributed by atoms with Crippen molar-refractivity contribution < 1.29 is 9.53 Å². The van der Waals surface area contributed by atoms with E-state index in [0.29, 0.717) is 36.8 Å². The Morgan fingerprint density at radius 3 is 2.83 bits per heavy atom. The van der Waals surface area contributed by atoms with Gasteiger partial charge in [0.2, 0.25) is 5.91 Å². The third kappa shape index (κ3) is 4.08. The van der Waals surface area contributed by atoms with E-state index < -0.39 is 0 Å². The summed E-state index contributed by atoms with van der Waals surface area (Å²) >= 11 is 0. The van der Waals surface area contributed by atoms with Crippen LogP contribution in [0.4, 0.5) is 0 Å². The second-order valence-electron chi connectivity index (χ2n) is 6.81. The highest BCUT2D eigenvalue weighted by atomic mass is 16.5. The summed E-state index contributed by atoms with van der Waals surface area (Å²) < 4.78 is 5.70. The molecule has 0 aromatic heterocycles. The van der Waals surface area contributed by atoms with Crippen molar-refractivity contribution >= 4 is 5.91 Å². The summed E-state index contributed by atoms with van der Waals surface area (Å²) in [5.74, 6) is 1.17. The Morgan fingerprint density at radius 1 is 1.21 bits per heavy atom. The minimum absolute atomic E-state index is 0.328. The summed E-state index contributed by atoms with van der Waals surface area (Å²) in [6.07, 6.45) is 12.4. The minimum Gasteiger partial charge on any atom is -0.497 e. The van der Waals surface area contributed by atoms with E-state index in [2.05, 4.69) is 42.2 Å². The van der Waals surface area contributed by atoms with Gasteiger partial charge in [-0.2, -0.15) is 0 Å². The van der Waals surface area contributed by atoms with Gasteiger partial charge in [-0.1, -0.05) is 42.5 Å². The van der Waals surface area contributed by atoms with Crippen LogP contribution in [0.2, 0.25) is 0 Å².